The molecule has 4 heteroatoms. The van der Waals surface area contributed by atoms with Crippen molar-refractivity contribution in [3.63, 3.8) is 0 Å². The van der Waals surface area contributed by atoms with Crippen molar-refractivity contribution >= 4 is 29.0 Å². The lowest BCUT2D eigenvalue weighted by atomic mass is 10.1. The van der Waals surface area contributed by atoms with Gasteiger partial charge in [-0.2, -0.15) is 0 Å². The topological polar surface area (TPSA) is 25.4 Å². The summed E-state index contributed by atoms with van der Waals surface area (Å²) in [7, 11) is 1.69. The maximum Gasteiger partial charge on any atom is 0.121 e. The Morgan fingerprint density at radius 2 is 1.89 bits per heavy atom. The van der Waals surface area contributed by atoms with Crippen LogP contribution in [0.5, 0.6) is 5.75 Å². The van der Waals surface area contributed by atoms with Gasteiger partial charge >= 0.3 is 0 Å². The number of methoxy groups -OCH3 is 1. The number of rotatable bonds is 2. The second-order valence-corrected chi connectivity index (χ2v) is 4.86. The van der Waals surface area contributed by atoms with E-state index in [-0.39, 0.29) is 12.4 Å². The Labute approximate surface area is 120 Å². The summed E-state index contributed by atoms with van der Waals surface area (Å²) in [5.74, 6) is 0.868. The number of nitrogens with zero attached hydrogens (tertiary/aromatic N) is 2. The van der Waals surface area contributed by atoms with E-state index in [1.54, 1.807) is 7.11 Å². The van der Waals surface area contributed by atoms with Crippen LogP contribution in [0, 0.1) is 6.92 Å². The molecule has 1 aromatic carbocycles. The molecule has 0 bridgehead atoms. The molecule has 2 heterocycles. The first-order valence-electron chi connectivity index (χ1n) is 6.48. The van der Waals surface area contributed by atoms with Crippen LogP contribution < -0.4 is 9.64 Å². The highest BCUT2D eigenvalue weighted by Gasteiger charge is 2.16. The summed E-state index contributed by atoms with van der Waals surface area (Å²) in [5.41, 5.74) is 3.41. The number of halogens is 1. The van der Waals surface area contributed by atoms with Crippen LogP contribution in [-0.4, -0.2) is 25.2 Å². The number of fused-ring (bicyclic) bond motifs is 1. The SMILES string of the molecule is COc1ccc2c(N3CCCC3)cc(C)nc2c1.Cl. The lowest BCUT2D eigenvalue weighted by molar-refractivity contribution is 0.415. The third-order valence-electron chi connectivity index (χ3n) is 3.57. The van der Waals surface area contributed by atoms with Crippen molar-refractivity contribution in [3.8, 4) is 5.75 Å². The van der Waals surface area contributed by atoms with Crippen LogP contribution in [0.15, 0.2) is 24.3 Å². The summed E-state index contributed by atoms with van der Waals surface area (Å²) in [5, 5.41) is 1.23. The summed E-state index contributed by atoms with van der Waals surface area (Å²) < 4.78 is 5.27. The highest BCUT2D eigenvalue weighted by molar-refractivity contribution is 5.93. The van der Waals surface area contributed by atoms with Gasteiger partial charge in [-0.05, 0) is 38.0 Å². The normalized spacial score (nSPS) is 14.5. The first-order chi connectivity index (χ1) is 8.78. The number of hydrogen-bond acceptors (Lipinski definition) is 3. The molecule has 0 amide bonds. The van der Waals surface area contributed by atoms with Crippen molar-refractivity contribution in [1.82, 2.24) is 4.98 Å². The molecule has 0 spiro atoms. The maximum absolute atomic E-state index is 5.27. The highest BCUT2D eigenvalue weighted by Crippen LogP contribution is 2.31. The van der Waals surface area contributed by atoms with Crippen molar-refractivity contribution in [1.29, 1.82) is 0 Å². The van der Waals surface area contributed by atoms with E-state index in [1.807, 2.05) is 12.1 Å². The van der Waals surface area contributed by atoms with Crippen LogP contribution in [0.4, 0.5) is 5.69 Å². The molecule has 19 heavy (non-hydrogen) atoms. The van der Waals surface area contributed by atoms with Crippen LogP contribution in [0.25, 0.3) is 10.9 Å². The zero-order valence-corrected chi connectivity index (χ0v) is 12.2. The van der Waals surface area contributed by atoms with Gasteiger partial charge in [0.1, 0.15) is 5.75 Å². The summed E-state index contributed by atoms with van der Waals surface area (Å²) >= 11 is 0. The van der Waals surface area contributed by atoms with Crippen LogP contribution in [0.1, 0.15) is 18.5 Å². The van der Waals surface area contributed by atoms with Gasteiger partial charge in [0.05, 0.1) is 12.6 Å². The number of pyridine rings is 1. The fourth-order valence-electron chi connectivity index (χ4n) is 2.67. The number of aryl methyl sites for hydroxylation is 1. The number of aromatic nitrogens is 1. The Morgan fingerprint density at radius 1 is 1.16 bits per heavy atom. The van der Waals surface area contributed by atoms with Gasteiger partial charge in [0.2, 0.25) is 0 Å². The highest BCUT2D eigenvalue weighted by atomic mass is 35.5. The van der Waals surface area contributed by atoms with Crippen LogP contribution in [0.2, 0.25) is 0 Å². The predicted molar refractivity (Wildman–Crippen MR) is 81.7 cm³/mol. The van der Waals surface area contributed by atoms with Crippen molar-refractivity contribution < 1.29 is 4.74 Å². The second kappa shape index (κ2) is 5.66. The first-order valence-corrected chi connectivity index (χ1v) is 6.48. The van der Waals surface area contributed by atoms with Crippen molar-refractivity contribution in [2.75, 3.05) is 25.1 Å². The van der Waals surface area contributed by atoms with Gasteiger partial charge < -0.3 is 9.64 Å². The minimum atomic E-state index is 0. The fraction of sp³-hybridized carbons (Fsp3) is 0.400. The monoisotopic (exact) mass is 278 g/mol. The molecule has 0 saturated carbocycles. The summed E-state index contributed by atoms with van der Waals surface area (Å²) in [6, 6.07) is 8.34. The Bertz CT molecular complexity index is 580. The van der Waals surface area contributed by atoms with E-state index < -0.39 is 0 Å². The molecule has 3 nitrogen and oxygen atoms in total. The minimum Gasteiger partial charge on any atom is -0.497 e. The van der Waals surface area contributed by atoms with Gasteiger partial charge in [-0.15, -0.1) is 12.4 Å². The zero-order valence-electron chi connectivity index (χ0n) is 11.3. The Morgan fingerprint density at radius 3 is 2.58 bits per heavy atom. The van der Waals surface area contributed by atoms with Gasteiger partial charge in [0.25, 0.3) is 0 Å². The number of benzene rings is 1. The maximum atomic E-state index is 5.27. The van der Waals surface area contributed by atoms with Crippen molar-refractivity contribution in [2.24, 2.45) is 0 Å². The molecule has 3 rings (SSSR count). The molecular weight excluding hydrogens is 260 g/mol. The average molecular weight is 279 g/mol. The molecule has 0 aliphatic carbocycles. The van der Waals surface area contributed by atoms with Gasteiger partial charge in [-0.25, -0.2) is 0 Å². The van der Waals surface area contributed by atoms with Crippen LogP contribution >= 0.6 is 12.4 Å². The van der Waals surface area contributed by atoms with E-state index in [0.717, 1.165) is 30.0 Å². The molecule has 1 aliphatic rings. The molecule has 0 unspecified atom stereocenters. The number of hydrogen-bond donors (Lipinski definition) is 0. The van der Waals surface area contributed by atoms with E-state index in [2.05, 4.69) is 28.9 Å². The van der Waals surface area contributed by atoms with E-state index in [1.165, 1.54) is 23.9 Å². The van der Waals surface area contributed by atoms with E-state index >= 15 is 0 Å². The third kappa shape index (κ3) is 2.61. The Hall–Kier alpha value is -1.48. The molecule has 1 saturated heterocycles. The lowest BCUT2D eigenvalue weighted by Gasteiger charge is -2.20. The molecule has 1 aliphatic heterocycles. The molecule has 0 N–H and O–H groups in total. The van der Waals surface area contributed by atoms with E-state index in [4.69, 9.17) is 4.74 Å². The van der Waals surface area contributed by atoms with Crippen LogP contribution in [-0.2, 0) is 0 Å². The quantitative estimate of drug-likeness (QED) is 0.840. The van der Waals surface area contributed by atoms with Gasteiger partial charge in [-0.1, -0.05) is 0 Å². The molecule has 2 aromatic rings. The first kappa shape index (κ1) is 13.9. The predicted octanol–water partition coefficient (Wildman–Crippen LogP) is 3.57. The van der Waals surface area contributed by atoms with Crippen LogP contribution in [0.3, 0.4) is 0 Å². The summed E-state index contributed by atoms with van der Waals surface area (Å²) in [6.45, 7) is 4.37. The summed E-state index contributed by atoms with van der Waals surface area (Å²) in [6.07, 6.45) is 2.58. The Kier molecular flexibility index (Phi) is 4.15. The minimum absolute atomic E-state index is 0. The second-order valence-electron chi connectivity index (χ2n) is 4.86. The molecule has 0 atom stereocenters. The van der Waals surface area contributed by atoms with E-state index in [9.17, 15) is 0 Å². The lowest BCUT2D eigenvalue weighted by Crippen LogP contribution is -2.18. The van der Waals surface area contributed by atoms with E-state index in [0.29, 0.717) is 0 Å². The largest absolute Gasteiger partial charge is 0.497 e. The molecular formula is C15H19ClN2O. The van der Waals surface area contributed by atoms with Gasteiger partial charge in [-0.3, -0.25) is 4.98 Å². The summed E-state index contributed by atoms with van der Waals surface area (Å²) in [4.78, 5) is 7.07. The molecule has 1 fully saturated rings. The molecule has 102 valence electrons. The van der Waals surface area contributed by atoms with Crippen molar-refractivity contribution in [3.05, 3.63) is 30.0 Å². The van der Waals surface area contributed by atoms with Gasteiger partial charge in [0.15, 0.2) is 0 Å². The number of anilines is 1. The fourth-order valence-corrected chi connectivity index (χ4v) is 2.67. The zero-order chi connectivity index (χ0) is 12.5. The van der Waals surface area contributed by atoms with Crippen molar-refractivity contribution in [2.45, 2.75) is 19.8 Å². The standard InChI is InChI=1S/C15H18N2O.ClH/c1-11-9-15(17-7-3-4-8-17)13-6-5-12(18-2)10-14(13)16-11;/h5-6,9-10H,3-4,7-8H2,1-2H3;1H. The molecule has 1 aromatic heterocycles. The Balaban J connectivity index is 0.00000133. The third-order valence-corrected chi connectivity index (χ3v) is 3.57. The van der Waals surface area contributed by atoms with Gasteiger partial charge in [0, 0.05) is 35.9 Å². The number of ether oxygens (including phenoxy) is 1. The smallest absolute Gasteiger partial charge is 0.121 e. The average Bonchev–Trinajstić information content (AvgIpc) is 2.90. The molecule has 0 radical (unpaired) electrons.